The molecule has 0 amide bonds. The largest absolute Gasteiger partial charge is 0.395 e. The number of likely N-dealkylation sites (N-methyl/N-ethyl adjacent to an activating group) is 1. The van der Waals surface area contributed by atoms with Crippen LogP contribution in [-0.4, -0.2) is 41.4 Å². The van der Waals surface area contributed by atoms with Gasteiger partial charge in [-0.05, 0) is 38.1 Å². The van der Waals surface area contributed by atoms with Gasteiger partial charge in [-0.3, -0.25) is 0 Å². The first-order valence-electron chi connectivity index (χ1n) is 5.79. The van der Waals surface area contributed by atoms with Gasteiger partial charge in [-0.15, -0.1) is 0 Å². The maximum atomic E-state index is 9.98. The number of hydrogen-bond acceptors (Lipinski definition) is 3. The minimum Gasteiger partial charge on any atom is -0.395 e. The average molecular weight is 258 g/mol. The van der Waals surface area contributed by atoms with Crippen molar-refractivity contribution in [2.75, 3.05) is 20.2 Å². The van der Waals surface area contributed by atoms with Gasteiger partial charge in [-0.2, -0.15) is 0 Å². The Morgan fingerprint density at radius 1 is 1.29 bits per heavy atom. The maximum Gasteiger partial charge on any atom is 0.0802 e. The van der Waals surface area contributed by atoms with Crippen molar-refractivity contribution in [1.82, 2.24) is 4.90 Å². The van der Waals surface area contributed by atoms with Crippen LogP contribution in [0.5, 0.6) is 0 Å². The maximum absolute atomic E-state index is 9.98. The number of hydrogen-bond donors (Lipinski definition) is 2. The monoisotopic (exact) mass is 257 g/mol. The Morgan fingerprint density at radius 3 is 2.41 bits per heavy atom. The fraction of sp³-hybridized carbons (Fsp3) is 0.538. The predicted molar refractivity (Wildman–Crippen MR) is 70.2 cm³/mol. The topological polar surface area (TPSA) is 43.7 Å². The molecule has 0 saturated carbocycles. The highest BCUT2D eigenvalue weighted by Crippen LogP contribution is 2.19. The van der Waals surface area contributed by atoms with E-state index in [1.807, 2.05) is 31.0 Å². The van der Waals surface area contributed by atoms with Crippen LogP contribution in [-0.2, 0) is 0 Å². The number of halogens is 1. The van der Waals surface area contributed by atoms with Gasteiger partial charge in [0.2, 0.25) is 0 Å². The molecule has 96 valence electrons. The minimum absolute atomic E-state index is 0.118. The van der Waals surface area contributed by atoms with Crippen molar-refractivity contribution < 1.29 is 10.2 Å². The molecule has 0 fully saturated rings. The Balaban J connectivity index is 2.44. The van der Waals surface area contributed by atoms with E-state index in [9.17, 15) is 5.11 Å². The van der Waals surface area contributed by atoms with Crippen molar-refractivity contribution in [3.05, 3.63) is 34.9 Å². The van der Waals surface area contributed by atoms with Crippen LogP contribution in [0.3, 0.4) is 0 Å². The smallest absolute Gasteiger partial charge is 0.0802 e. The number of aliphatic hydroxyl groups is 2. The molecule has 2 atom stereocenters. The summed E-state index contributed by atoms with van der Waals surface area (Å²) >= 11 is 5.79. The first-order chi connectivity index (χ1) is 8.04. The predicted octanol–water partition coefficient (Wildman–Crippen LogP) is 2.08. The van der Waals surface area contributed by atoms with E-state index in [4.69, 9.17) is 16.7 Å². The van der Waals surface area contributed by atoms with Crippen LogP contribution < -0.4 is 0 Å². The van der Waals surface area contributed by atoms with E-state index in [1.54, 1.807) is 12.1 Å². The average Bonchev–Trinajstić information content (AvgIpc) is 2.35. The highest BCUT2D eigenvalue weighted by Gasteiger charge is 2.12. The van der Waals surface area contributed by atoms with Crippen LogP contribution in [0.15, 0.2) is 24.3 Å². The third-order valence-electron chi connectivity index (χ3n) is 3.03. The Morgan fingerprint density at radius 2 is 1.88 bits per heavy atom. The lowest BCUT2D eigenvalue weighted by Crippen LogP contribution is -2.33. The van der Waals surface area contributed by atoms with Crippen LogP contribution in [0.2, 0.25) is 5.02 Å². The molecule has 2 unspecified atom stereocenters. The highest BCUT2D eigenvalue weighted by molar-refractivity contribution is 6.30. The van der Waals surface area contributed by atoms with Crippen molar-refractivity contribution in [3.63, 3.8) is 0 Å². The van der Waals surface area contributed by atoms with Gasteiger partial charge in [-0.1, -0.05) is 23.7 Å². The Hall–Kier alpha value is -0.610. The van der Waals surface area contributed by atoms with E-state index in [1.165, 1.54) is 0 Å². The molecule has 17 heavy (non-hydrogen) atoms. The van der Waals surface area contributed by atoms with Gasteiger partial charge in [-0.25, -0.2) is 0 Å². The molecule has 1 aromatic rings. The molecular weight excluding hydrogens is 238 g/mol. The molecule has 0 aliphatic heterocycles. The summed E-state index contributed by atoms with van der Waals surface area (Å²) in [4.78, 5) is 2.03. The van der Waals surface area contributed by atoms with Crippen molar-refractivity contribution in [3.8, 4) is 0 Å². The number of nitrogens with zero attached hydrogens (tertiary/aromatic N) is 1. The van der Waals surface area contributed by atoms with Gasteiger partial charge < -0.3 is 15.1 Å². The third kappa shape index (κ3) is 4.64. The van der Waals surface area contributed by atoms with Crippen molar-refractivity contribution >= 4 is 11.6 Å². The molecule has 2 N–H and O–H groups in total. The molecule has 0 saturated heterocycles. The van der Waals surface area contributed by atoms with E-state index in [2.05, 4.69) is 0 Å². The van der Waals surface area contributed by atoms with Gasteiger partial charge >= 0.3 is 0 Å². The standard InChI is InChI=1S/C13H20ClNO2/c1-10(9-16)15(2)8-7-13(17)11-3-5-12(14)6-4-11/h3-6,10,13,16-17H,7-9H2,1-2H3. The first-order valence-corrected chi connectivity index (χ1v) is 6.17. The molecule has 1 rings (SSSR count). The fourth-order valence-electron chi connectivity index (χ4n) is 1.54. The van der Waals surface area contributed by atoms with Gasteiger partial charge in [0, 0.05) is 17.6 Å². The highest BCUT2D eigenvalue weighted by atomic mass is 35.5. The van der Waals surface area contributed by atoms with Crippen LogP contribution in [0, 0.1) is 0 Å². The lowest BCUT2D eigenvalue weighted by Gasteiger charge is -2.24. The van der Waals surface area contributed by atoms with Crippen LogP contribution in [0.25, 0.3) is 0 Å². The van der Waals surface area contributed by atoms with E-state index in [-0.39, 0.29) is 12.6 Å². The molecule has 0 bridgehead atoms. The van der Waals surface area contributed by atoms with Crippen molar-refractivity contribution in [2.24, 2.45) is 0 Å². The second kappa shape index (κ2) is 6.97. The summed E-state index contributed by atoms with van der Waals surface area (Å²) in [6.07, 6.45) is 0.156. The van der Waals surface area contributed by atoms with Gasteiger partial charge in [0.05, 0.1) is 12.7 Å². The Bertz CT molecular complexity index is 329. The number of benzene rings is 1. The lowest BCUT2D eigenvalue weighted by molar-refractivity contribution is 0.117. The van der Waals surface area contributed by atoms with E-state index < -0.39 is 6.10 Å². The molecule has 0 aliphatic rings. The molecular formula is C13H20ClNO2. The summed E-state index contributed by atoms with van der Waals surface area (Å²) in [5.74, 6) is 0. The van der Waals surface area contributed by atoms with Crippen molar-refractivity contribution in [1.29, 1.82) is 0 Å². The molecule has 0 heterocycles. The zero-order chi connectivity index (χ0) is 12.8. The van der Waals surface area contributed by atoms with Gasteiger partial charge in [0.1, 0.15) is 0 Å². The molecule has 0 radical (unpaired) electrons. The zero-order valence-electron chi connectivity index (χ0n) is 10.3. The van der Waals surface area contributed by atoms with Crippen LogP contribution in [0.4, 0.5) is 0 Å². The quantitative estimate of drug-likeness (QED) is 0.820. The molecule has 0 aromatic heterocycles. The third-order valence-corrected chi connectivity index (χ3v) is 3.28. The molecule has 4 heteroatoms. The van der Waals surface area contributed by atoms with Crippen LogP contribution >= 0.6 is 11.6 Å². The fourth-order valence-corrected chi connectivity index (χ4v) is 1.66. The second-order valence-electron chi connectivity index (χ2n) is 4.37. The van der Waals surface area contributed by atoms with Crippen LogP contribution in [0.1, 0.15) is 25.0 Å². The summed E-state index contributed by atoms with van der Waals surface area (Å²) in [7, 11) is 1.94. The Labute approximate surface area is 108 Å². The zero-order valence-corrected chi connectivity index (χ0v) is 11.1. The van der Waals surface area contributed by atoms with E-state index in [0.29, 0.717) is 11.4 Å². The number of rotatable bonds is 6. The summed E-state index contributed by atoms with van der Waals surface area (Å²) in [6, 6.07) is 7.35. The first kappa shape index (κ1) is 14.5. The Kier molecular flexibility index (Phi) is 5.92. The molecule has 1 aromatic carbocycles. The lowest BCUT2D eigenvalue weighted by atomic mass is 10.1. The normalized spacial score (nSPS) is 14.9. The molecule has 0 aliphatic carbocycles. The summed E-state index contributed by atoms with van der Waals surface area (Å²) in [5.41, 5.74) is 0.874. The van der Waals surface area contributed by atoms with E-state index >= 15 is 0 Å². The van der Waals surface area contributed by atoms with Crippen molar-refractivity contribution in [2.45, 2.75) is 25.5 Å². The minimum atomic E-state index is -0.486. The van der Waals surface area contributed by atoms with Gasteiger partial charge in [0.25, 0.3) is 0 Å². The SMILES string of the molecule is CC(CO)N(C)CCC(O)c1ccc(Cl)cc1. The second-order valence-corrected chi connectivity index (χ2v) is 4.80. The molecule has 3 nitrogen and oxygen atoms in total. The van der Waals surface area contributed by atoms with Gasteiger partial charge in [0.15, 0.2) is 0 Å². The molecule has 0 spiro atoms. The summed E-state index contributed by atoms with van der Waals surface area (Å²) in [5, 5.41) is 19.7. The number of aliphatic hydroxyl groups excluding tert-OH is 2. The summed E-state index contributed by atoms with van der Waals surface area (Å²) < 4.78 is 0. The van der Waals surface area contributed by atoms with E-state index in [0.717, 1.165) is 12.1 Å². The summed E-state index contributed by atoms with van der Waals surface area (Å²) in [6.45, 7) is 2.83.